The molecule has 1 heterocycles. The lowest BCUT2D eigenvalue weighted by molar-refractivity contribution is -0.140. The van der Waals surface area contributed by atoms with Crippen LogP contribution >= 0.6 is 0 Å². The molecule has 17 heavy (non-hydrogen) atoms. The first kappa shape index (κ1) is 14.4. The van der Waals surface area contributed by atoms with Crippen molar-refractivity contribution in [2.75, 3.05) is 33.3 Å². The maximum absolute atomic E-state index is 12.2. The van der Waals surface area contributed by atoms with Gasteiger partial charge in [-0.05, 0) is 12.8 Å². The summed E-state index contributed by atoms with van der Waals surface area (Å²) in [5.74, 6) is -0.535. The van der Waals surface area contributed by atoms with Gasteiger partial charge < -0.3 is 4.74 Å². The Bertz CT molecular complexity index is 349. The maximum Gasteiger partial charge on any atom is 0.321 e. The van der Waals surface area contributed by atoms with Crippen LogP contribution in [0.15, 0.2) is 0 Å². The van der Waals surface area contributed by atoms with Gasteiger partial charge in [0.25, 0.3) is 10.2 Å². The summed E-state index contributed by atoms with van der Waals surface area (Å²) in [6.45, 7) is 2.85. The molecule has 1 saturated heterocycles. The van der Waals surface area contributed by atoms with Crippen molar-refractivity contribution in [2.24, 2.45) is 0 Å². The van der Waals surface area contributed by atoms with Crippen molar-refractivity contribution < 1.29 is 17.9 Å². The van der Waals surface area contributed by atoms with E-state index in [-0.39, 0.29) is 13.1 Å². The van der Waals surface area contributed by atoms with Crippen LogP contribution in [-0.2, 0) is 19.7 Å². The summed E-state index contributed by atoms with van der Waals surface area (Å²) < 4.78 is 31.5. The number of carbonyl (C=O) groups is 1. The van der Waals surface area contributed by atoms with Crippen LogP contribution in [0.4, 0.5) is 0 Å². The molecule has 0 unspecified atom stereocenters. The van der Waals surface area contributed by atoms with Crippen molar-refractivity contribution in [3.8, 4) is 0 Å². The lowest BCUT2D eigenvalue weighted by Crippen LogP contribution is -2.47. The van der Waals surface area contributed by atoms with E-state index in [1.54, 1.807) is 6.92 Å². The molecule has 0 N–H and O–H groups in total. The molecule has 0 spiro atoms. The van der Waals surface area contributed by atoms with Crippen molar-refractivity contribution in [1.29, 1.82) is 0 Å². The average molecular weight is 264 g/mol. The molecule has 1 aliphatic rings. The average Bonchev–Trinajstić information content (AvgIpc) is 2.36. The van der Waals surface area contributed by atoms with Crippen molar-refractivity contribution in [3.63, 3.8) is 0 Å². The number of piperidine rings is 1. The van der Waals surface area contributed by atoms with Gasteiger partial charge in [0.1, 0.15) is 6.54 Å². The Labute approximate surface area is 103 Å². The van der Waals surface area contributed by atoms with Crippen LogP contribution in [0, 0.1) is 0 Å². The first-order chi connectivity index (χ1) is 8.02. The van der Waals surface area contributed by atoms with E-state index in [0.29, 0.717) is 13.1 Å². The number of hydrogen-bond donors (Lipinski definition) is 0. The van der Waals surface area contributed by atoms with Crippen LogP contribution in [0.5, 0.6) is 0 Å². The van der Waals surface area contributed by atoms with Gasteiger partial charge in [-0.3, -0.25) is 4.79 Å². The number of esters is 1. The monoisotopic (exact) mass is 264 g/mol. The summed E-state index contributed by atoms with van der Waals surface area (Å²) in [7, 11) is -2.26. The number of hydrogen-bond acceptors (Lipinski definition) is 4. The minimum Gasteiger partial charge on any atom is -0.468 e. The van der Waals surface area contributed by atoms with Crippen LogP contribution in [0.25, 0.3) is 0 Å². The highest BCUT2D eigenvalue weighted by Crippen LogP contribution is 2.16. The fourth-order valence-electron chi connectivity index (χ4n) is 1.82. The van der Waals surface area contributed by atoms with Gasteiger partial charge in [-0.25, -0.2) is 0 Å². The molecule has 0 saturated carbocycles. The normalized spacial score (nSPS) is 18.3. The SMILES string of the molecule is CCN(CC(=O)OC)S(=O)(=O)N1CCCCC1. The molecular weight excluding hydrogens is 244 g/mol. The number of rotatable bonds is 5. The Morgan fingerprint density at radius 1 is 1.29 bits per heavy atom. The quantitative estimate of drug-likeness (QED) is 0.666. The summed E-state index contributed by atoms with van der Waals surface area (Å²) in [5, 5.41) is 0. The number of carbonyl (C=O) groups excluding carboxylic acids is 1. The standard InChI is InChI=1S/C10H20N2O4S/c1-3-11(9-10(13)16-2)17(14,15)12-7-5-4-6-8-12/h3-9H2,1-2H3. The lowest BCUT2D eigenvalue weighted by Gasteiger charge is -2.30. The van der Waals surface area contributed by atoms with Crippen LogP contribution in [-0.4, -0.2) is 56.3 Å². The number of nitrogens with zero attached hydrogens (tertiary/aromatic N) is 2. The van der Waals surface area contributed by atoms with Crippen molar-refractivity contribution in [2.45, 2.75) is 26.2 Å². The van der Waals surface area contributed by atoms with E-state index in [0.717, 1.165) is 23.6 Å². The Morgan fingerprint density at radius 3 is 2.35 bits per heavy atom. The Hall–Kier alpha value is -0.660. The molecule has 1 fully saturated rings. The molecule has 0 amide bonds. The largest absolute Gasteiger partial charge is 0.468 e. The van der Waals surface area contributed by atoms with Crippen molar-refractivity contribution >= 4 is 16.2 Å². The Kier molecular flexibility index (Phi) is 5.35. The van der Waals surface area contributed by atoms with Crippen molar-refractivity contribution in [3.05, 3.63) is 0 Å². The number of likely N-dealkylation sites (N-methyl/N-ethyl adjacent to an activating group) is 1. The summed E-state index contributed by atoms with van der Waals surface area (Å²) in [6.07, 6.45) is 2.83. The predicted molar refractivity (Wildman–Crippen MR) is 63.6 cm³/mol. The molecule has 0 atom stereocenters. The van der Waals surface area contributed by atoms with Gasteiger partial charge in [0, 0.05) is 19.6 Å². The minimum atomic E-state index is -3.51. The van der Waals surface area contributed by atoms with Crippen LogP contribution in [0.3, 0.4) is 0 Å². The Morgan fingerprint density at radius 2 is 1.88 bits per heavy atom. The van der Waals surface area contributed by atoms with Gasteiger partial charge >= 0.3 is 5.97 Å². The summed E-state index contributed by atoms with van der Waals surface area (Å²) >= 11 is 0. The van der Waals surface area contributed by atoms with Gasteiger partial charge in [0.2, 0.25) is 0 Å². The second kappa shape index (κ2) is 6.32. The minimum absolute atomic E-state index is 0.216. The molecule has 100 valence electrons. The first-order valence-corrected chi connectivity index (χ1v) is 7.24. The Balaban J connectivity index is 2.74. The smallest absolute Gasteiger partial charge is 0.321 e. The fraction of sp³-hybridized carbons (Fsp3) is 0.900. The number of ether oxygens (including phenoxy) is 1. The third-order valence-electron chi connectivity index (χ3n) is 2.85. The summed E-state index contributed by atoms with van der Waals surface area (Å²) in [5.41, 5.74) is 0. The highest BCUT2D eigenvalue weighted by molar-refractivity contribution is 7.86. The molecule has 0 aromatic heterocycles. The van der Waals surface area contributed by atoms with Gasteiger partial charge in [-0.15, -0.1) is 0 Å². The lowest BCUT2D eigenvalue weighted by atomic mass is 10.2. The maximum atomic E-state index is 12.2. The van der Waals surface area contributed by atoms with Gasteiger partial charge in [0.05, 0.1) is 7.11 Å². The van der Waals surface area contributed by atoms with Gasteiger partial charge in [0.15, 0.2) is 0 Å². The van der Waals surface area contributed by atoms with E-state index in [4.69, 9.17) is 0 Å². The predicted octanol–water partition coefficient (Wildman–Crippen LogP) is 0.212. The first-order valence-electron chi connectivity index (χ1n) is 5.84. The molecule has 1 rings (SSSR count). The zero-order valence-electron chi connectivity index (χ0n) is 10.4. The molecule has 0 bridgehead atoms. The van der Waals surface area contributed by atoms with Gasteiger partial charge in [-0.1, -0.05) is 13.3 Å². The highest BCUT2D eigenvalue weighted by Gasteiger charge is 2.31. The van der Waals surface area contributed by atoms with E-state index in [9.17, 15) is 13.2 Å². The number of methoxy groups -OCH3 is 1. The molecular formula is C10H20N2O4S. The topological polar surface area (TPSA) is 66.9 Å². The molecule has 6 nitrogen and oxygen atoms in total. The molecule has 0 aromatic carbocycles. The molecule has 7 heteroatoms. The highest BCUT2D eigenvalue weighted by atomic mass is 32.2. The van der Waals surface area contributed by atoms with E-state index in [1.165, 1.54) is 11.4 Å². The fourth-order valence-corrected chi connectivity index (χ4v) is 3.47. The van der Waals surface area contributed by atoms with E-state index in [2.05, 4.69) is 4.74 Å². The van der Waals surface area contributed by atoms with Gasteiger partial charge in [-0.2, -0.15) is 17.0 Å². The zero-order chi connectivity index (χ0) is 12.9. The van der Waals surface area contributed by atoms with Crippen LogP contribution in [0.1, 0.15) is 26.2 Å². The molecule has 0 aromatic rings. The molecule has 1 aliphatic heterocycles. The summed E-state index contributed by atoms with van der Waals surface area (Å²) in [4.78, 5) is 11.2. The second-order valence-electron chi connectivity index (χ2n) is 3.97. The van der Waals surface area contributed by atoms with E-state index >= 15 is 0 Å². The summed E-state index contributed by atoms with van der Waals surface area (Å²) in [6, 6.07) is 0. The van der Waals surface area contributed by atoms with E-state index in [1.807, 2.05) is 0 Å². The zero-order valence-corrected chi connectivity index (χ0v) is 11.2. The third-order valence-corrected chi connectivity index (χ3v) is 4.91. The van der Waals surface area contributed by atoms with Crippen LogP contribution < -0.4 is 0 Å². The molecule has 0 aliphatic carbocycles. The third kappa shape index (κ3) is 3.65. The molecule has 0 radical (unpaired) electrons. The second-order valence-corrected chi connectivity index (χ2v) is 5.90. The van der Waals surface area contributed by atoms with Crippen LogP contribution in [0.2, 0.25) is 0 Å². The van der Waals surface area contributed by atoms with E-state index < -0.39 is 16.2 Å². The van der Waals surface area contributed by atoms with Crippen molar-refractivity contribution in [1.82, 2.24) is 8.61 Å².